The number of hydrogen-bond donors (Lipinski definition) is 1. The van der Waals surface area contributed by atoms with Gasteiger partial charge in [0.15, 0.2) is 0 Å². The average molecular weight is 449 g/mol. The Morgan fingerprint density at radius 2 is 1.67 bits per heavy atom. The molecule has 0 aliphatic rings. The lowest BCUT2D eigenvalue weighted by molar-refractivity contribution is -0.141. The third-order valence-electron chi connectivity index (χ3n) is 5.07. The molecule has 0 heterocycles. The molecule has 0 bridgehead atoms. The number of carbonyl (C=O) groups is 2. The summed E-state index contributed by atoms with van der Waals surface area (Å²) in [4.78, 5) is 27.6. The molecule has 0 unspecified atom stereocenters. The molecule has 0 aliphatic heterocycles. The first kappa shape index (κ1) is 24.2. The molecule has 2 aromatic rings. The zero-order valence-electron chi connectivity index (χ0n) is 17.9. The van der Waals surface area contributed by atoms with Crippen molar-refractivity contribution in [3.05, 3.63) is 69.2 Å². The summed E-state index contributed by atoms with van der Waals surface area (Å²) in [6, 6.07) is 12.8. The quantitative estimate of drug-likeness (QED) is 0.516. The second-order valence-corrected chi connectivity index (χ2v) is 8.24. The smallest absolute Gasteiger partial charge is 0.242 e. The maximum Gasteiger partial charge on any atom is 0.242 e. The fraction of sp³-hybridized carbons (Fsp3) is 0.417. The van der Waals surface area contributed by atoms with Gasteiger partial charge in [0, 0.05) is 35.1 Å². The van der Waals surface area contributed by atoms with E-state index in [2.05, 4.69) is 5.32 Å². The van der Waals surface area contributed by atoms with Gasteiger partial charge in [0.25, 0.3) is 0 Å². The predicted molar refractivity (Wildman–Crippen MR) is 124 cm³/mol. The van der Waals surface area contributed by atoms with E-state index in [0.717, 1.165) is 12.0 Å². The van der Waals surface area contributed by atoms with Crippen LogP contribution in [0.15, 0.2) is 42.5 Å². The number of carbonyl (C=O) groups excluding carboxylic acids is 2. The Labute approximate surface area is 189 Å². The zero-order chi connectivity index (χ0) is 22.1. The Hall–Kier alpha value is -2.04. The normalized spacial score (nSPS) is 11.8. The summed E-state index contributed by atoms with van der Waals surface area (Å²) in [5.41, 5.74) is 2.93. The molecule has 30 heavy (non-hydrogen) atoms. The number of benzene rings is 2. The molecule has 0 aromatic heterocycles. The van der Waals surface area contributed by atoms with Crippen LogP contribution in [0.5, 0.6) is 0 Å². The molecule has 2 rings (SSSR count). The van der Waals surface area contributed by atoms with E-state index < -0.39 is 6.04 Å². The van der Waals surface area contributed by atoms with Gasteiger partial charge >= 0.3 is 0 Å². The molecular weight excluding hydrogens is 419 g/mol. The van der Waals surface area contributed by atoms with E-state index >= 15 is 0 Å². The summed E-state index contributed by atoms with van der Waals surface area (Å²) in [5.74, 6) is -0.240. The maximum absolute atomic E-state index is 13.2. The number of amides is 2. The fourth-order valence-corrected chi connectivity index (χ4v) is 3.81. The largest absolute Gasteiger partial charge is 0.354 e. The minimum Gasteiger partial charge on any atom is -0.354 e. The van der Waals surface area contributed by atoms with E-state index in [0.29, 0.717) is 41.4 Å². The highest BCUT2D eigenvalue weighted by Gasteiger charge is 2.29. The van der Waals surface area contributed by atoms with Crippen molar-refractivity contribution in [3.8, 4) is 0 Å². The highest BCUT2D eigenvalue weighted by Crippen LogP contribution is 2.27. The molecule has 0 aliphatic carbocycles. The topological polar surface area (TPSA) is 49.4 Å². The van der Waals surface area contributed by atoms with Gasteiger partial charge in [0.1, 0.15) is 6.04 Å². The van der Waals surface area contributed by atoms with Crippen molar-refractivity contribution in [2.45, 2.75) is 59.0 Å². The summed E-state index contributed by atoms with van der Waals surface area (Å²) in [5, 5.41) is 3.89. The summed E-state index contributed by atoms with van der Waals surface area (Å²) in [7, 11) is 0. The number of halogens is 2. The Morgan fingerprint density at radius 3 is 2.23 bits per heavy atom. The van der Waals surface area contributed by atoms with Crippen LogP contribution in [0.1, 0.15) is 49.8 Å². The first-order valence-electron chi connectivity index (χ1n) is 10.4. The summed E-state index contributed by atoms with van der Waals surface area (Å²) < 4.78 is 0. The first-order chi connectivity index (χ1) is 14.4. The minimum absolute atomic E-state index is 0.0925. The van der Waals surface area contributed by atoms with Crippen molar-refractivity contribution in [1.82, 2.24) is 10.2 Å². The SMILES string of the molecule is CCCNC(=O)[C@@H](CC)N(Cc1c(Cl)cccc1Cl)C(=O)CCc1ccc(C)cc1. The molecule has 0 fully saturated rings. The molecule has 2 aromatic carbocycles. The van der Waals surface area contributed by atoms with Crippen molar-refractivity contribution < 1.29 is 9.59 Å². The molecule has 0 saturated carbocycles. The van der Waals surface area contributed by atoms with Crippen LogP contribution in [-0.4, -0.2) is 29.3 Å². The molecule has 2 amide bonds. The number of hydrogen-bond acceptors (Lipinski definition) is 2. The second-order valence-electron chi connectivity index (χ2n) is 7.42. The molecule has 6 heteroatoms. The zero-order valence-corrected chi connectivity index (χ0v) is 19.4. The number of rotatable bonds is 10. The van der Waals surface area contributed by atoms with E-state index in [1.807, 2.05) is 45.0 Å². The van der Waals surface area contributed by atoms with Crippen LogP contribution in [0.2, 0.25) is 10.0 Å². The van der Waals surface area contributed by atoms with Crippen molar-refractivity contribution in [3.63, 3.8) is 0 Å². The highest BCUT2D eigenvalue weighted by atomic mass is 35.5. The van der Waals surface area contributed by atoms with Crippen LogP contribution >= 0.6 is 23.2 Å². The van der Waals surface area contributed by atoms with Crippen molar-refractivity contribution in [2.24, 2.45) is 0 Å². The lowest BCUT2D eigenvalue weighted by Gasteiger charge is -2.31. The van der Waals surface area contributed by atoms with E-state index in [4.69, 9.17) is 23.2 Å². The van der Waals surface area contributed by atoms with Crippen LogP contribution in [0.4, 0.5) is 0 Å². The molecule has 162 valence electrons. The van der Waals surface area contributed by atoms with Crippen LogP contribution < -0.4 is 5.32 Å². The van der Waals surface area contributed by atoms with Gasteiger partial charge in [-0.05, 0) is 43.9 Å². The standard InChI is InChI=1S/C24H30Cl2N2O2/c1-4-15-27-24(30)22(5-2)28(16-19-20(25)7-6-8-21(19)26)23(29)14-13-18-11-9-17(3)10-12-18/h6-12,22H,4-5,13-16H2,1-3H3,(H,27,30)/t22-/m1/s1. The summed E-state index contributed by atoms with van der Waals surface area (Å²) in [6.07, 6.45) is 2.26. The number of nitrogens with one attached hydrogen (secondary N) is 1. The maximum atomic E-state index is 13.2. The van der Waals surface area contributed by atoms with Gasteiger partial charge in [0.05, 0.1) is 0 Å². The highest BCUT2D eigenvalue weighted by molar-refractivity contribution is 6.36. The molecule has 0 saturated heterocycles. The van der Waals surface area contributed by atoms with E-state index in [1.54, 1.807) is 23.1 Å². The van der Waals surface area contributed by atoms with Gasteiger partial charge in [-0.15, -0.1) is 0 Å². The van der Waals surface area contributed by atoms with Crippen LogP contribution in [-0.2, 0) is 22.6 Å². The second kappa shape index (κ2) is 12.0. The van der Waals surface area contributed by atoms with Crippen LogP contribution in [0, 0.1) is 6.92 Å². The molecule has 1 N–H and O–H groups in total. The van der Waals surface area contributed by atoms with Crippen LogP contribution in [0.25, 0.3) is 0 Å². The molecule has 1 atom stereocenters. The third kappa shape index (κ3) is 6.75. The lowest BCUT2D eigenvalue weighted by atomic mass is 10.0. The Kier molecular flexibility index (Phi) is 9.67. The number of aryl methyl sites for hydroxylation is 2. The van der Waals surface area contributed by atoms with E-state index in [9.17, 15) is 9.59 Å². The third-order valence-corrected chi connectivity index (χ3v) is 5.78. The molecular formula is C24H30Cl2N2O2. The predicted octanol–water partition coefficient (Wildman–Crippen LogP) is 5.57. The summed E-state index contributed by atoms with van der Waals surface area (Å²) in [6.45, 7) is 6.71. The van der Waals surface area contributed by atoms with Gasteiger partial charge in [-0.2, -0.15) is 0 Å². The van der Waals surface area contributed by atoms with Crippen LogP contribution in [0.3, 0.4) is 0 Å². The Morgan fingerprint density at radius 1 is 1.03 bits per heavy atom. The minimum atomic E-state index is -0.575. The average Bonchev–Trinajstić information content (AvgIpc) is 2.73. The van der Waals surface area contributed by atoms with Gasteiger partial charge < -0.3 is 10.2 Å². The van der Waals surface area contributed by atoms with Gasteiger partial charge in [-0.3, -0.25) is 9.59 Å². The lowest BCUT2D eigenvalue weighted by Crippen LogP contribution is -2.49. The molecule has 4 nitrogen and oxygen atoms in total. The van der Waals surface area contributed by atoms with Crippen molar-refractivity contribution >= 4 is 35.0 Å². The van der Waals surface area contributed by atoms with Gasteiger partial charge in [-0.25, -0.2) is 0 Å². The van der Waals surface area contributed by atoms with Gasteiger partial charge in [0.2, 0.25) is 11.8 Å². The van der Waals surface area contributed by atoms with E-state index in [-0.39, 0.29) is 18.4 Å². The molecule has 0 radical (unpaired) electrons. The Bertz CT molecular complexity index is 833. The van der Waals surface area contributed by atoms with Gasteiger partial charge in [-0.1, -0.05) is 72.9 Å². The van der Waals surface area contributed by atoms with Crippen molar-refractivity contribution in [1.29, 1.82) is 0 Å². The van der Waals surface area contributed by atoms with E-state index in [1.165, 1.54) is 5.56 Å². The Balaban J connectivity index is 2.25. The summed E-state index contributed by atoms with van der Waals surface area (Å²) >= 11 is 12.7. The van der Waals surface area contributed by atoms with Crippen molar-refractivity contribution in [2.75, 3.05) is 6.54 Å². The first-order valence-corrected chi connectivity index (χ1v) is 11.2. The number of nitrogens with zero attached hydrogens (tertiary/aromatic N) is 1. The monoisotopic (exact) mass is 448 g/mol. The fourth-order valence-electron chi connectivity index (χ4n) is 3.29. The molecule has 0 spiro atoms.